The minimum absolute atomic E-state index is 0.0240. The highest BCUT2D eigenvalue weighted by atomic mass is 32.2. The molecule has 2 heterocycles. The van der Waals surface area contributed by atoms with Gasteiger partial charge in [0, 0.05) is 0 Å². The smallest absolute Gasteiger partial charge is 0.283 e. The molecule has 1 N–H and O–H groups in total. The summed E-state index contributed by atoms with van der Waals surface area (Å²) in [6.45, 7) is 9.25. The number of carbonyl (C=O) groups excluding carboxylic acids is 1. The van der Waals surface area contributed by atoms with Gasteiger partial charge in [0.1, 0.15) is 24.0 Å². The van der Waals surface area contributed by atoms with Gasteiger partial charge in [-0.1, -0.05) is 37.6 Å². The molecule has 4 rings (SSSR count). The number of carbonyl (C=O) groups is 1. The number of rotatable bonds is 11. The highest BCUT2D eigenvalue weighted by Gasteiger charge is 2.35. The minimum Gasteiger partial charge on any atom is -0.490 e. The van der Waals surface area contributed by atoms with Crippen LogP contribution in [0.4, 0.5) is 0 Å². The number of ether oxygens (including phenoxy) is 3. The van der Waals surface area contributed by atoms with E-state index in [0.717, 1.165) is 41.2 Å². The summed E-state index contributed by atoms with van der Waals surface area (Å²) in [5.41, 5.74) is 3.06. The number of unbranched alkanes of at least 4 members (excludes halogenated alkanes) is 1. The van der Waals surface area contributed by atoms with Crippen LogP contribution in [0.2, 0.25) is 0 Å². The van der Waals surface area contributed by atoms with Crippen LogP contribution in [0.15, 0.2) is 52.1 Å². The van der Waals surface area contributed by atoms with Crippen molar-refractivity contribution in [3.63, 3.8) is 0 Å². The standard InChI is InChI=1S/C28H32N4O4S/c1-5-7-11-24-31-32-26(29)21(27(33)30-28(32)37-24)16-20-12-13-22(23(17-20)34-6-2)35-14-15-36-25-18(3)9-8-10-19(25)4/h8-10,12-13,16-17,29H,5-7,11,14-15H2,1-4H3/b21-16+,29-26?. The van der Waals surface area contributed by atoms with Crippen molar-refractivity contribution in [1.29, 1.82) is 5.41 Å². The van der Waals surface area contributed by atoms with E-state index in [2.05, 4.69) is 17.0 Å². The summed E-state index contributed by atoms with van der Waals surface area (Å²) >= 11 is 1.36. The van der Waals surface area contributed by atoms with Gasteiger partial charge in [-0.05, 0) is 80.3 Å². The number of fused-ring (bicyclic) bond motifs is 1. The number of aryl methyl sites for hydroxylation is 2. The Morgan fingerprint density at radius 3 is 2.51 bits per heavy atom. The van der Waals surface area contributed by atoms with E-state index in [9.17, 15) is 4.79 Å². The lowest BCUT2D eigenvalue weighted by Crippen LogP contribution is -2.35. The Bertz CT molecular complexity index is 1260. The Morgan fingerprint density at radius 2 is 1.78 bits per heavy atom. The first-order valence-corrected chi connectivity index (χ1v) is 13.3. The van der Waals surface area contributed by atoms with Crippen molar-refractivity contribution >= 4 is 39.8 Å². The Balaban J connectivity index is 1.46. The van der Waals surface area contributed by atoms with E-state index in [1.54, 1.807) is 18.2 Å². The zero-order valence-corrected chi connectivity index (χ0v) is 22.5. The largest absolute Gasteiger partial charge is 0.490 e. The lowest BCUT2D eigenvalue weighted by molar-refractivity contribution is -0.114. The Kier molecular flexibility index (Phi) is 8.66. The van der Waals surface area contributed by atoms with E-state index in [4.69, 9.17) is 19.6 Å². The molecule has 0 fully saturated rings. The summed E-state index contributed by atoms with van der Waals surface area (Å²) in [5.74, 6) is 1.59. The van der Waals surface area contributed by atoms with Crippen LogP contribution in [0.3, 0.4) is 0 Å². The first kappa shape index (κ1) is 26.5. The third kappa shape index (κ3) is 6.22. The maximum atomic E-state index is 12.7. The summed E-state index contributed by atoms with van der Waals surface area (Å²) in [4.78, 5) is 16.9. The Hall–Kier alpha value is -3.59. The number of amidine groups is 2. The predicted molar refractivity (Wildman–Crippen MR) is 149 cm³/mol. The van der Waals surface area contributed by atoms with Crippen molar-refractivity contribution in [2.45, 2.75) is 47.0 Å². The first-order valence-electron chi connectivity index (χ1n) is 12.5. The van der Waals surface area contributed by atoms with Crippen LogP contribution >= 0.6 is 11.8 Å². The summed E-state index contributed by atoms with van der Waals surface area (Å²) in [6.07, 6.45) is 4.51. The summed E-state index contributed by atoms with van der Waals surface area (Å²) in [5, 5.41) is 15.8. The number of aliphatic imine (C=N–C) groups is 1. The first-order chi connectivity index (χ1) is 17.9. The molecule has 0 aromatic heterocycles. The SMILES string of the molecule is CCCCC1=NN2C(=N)/C(=C\c3ccc(OCCOc4c(C)cccc4C)c(OCC)c3)C(=O)N=C2S1. The van der Waals surface area contributed by atoms with Crippen molar-refractivity contribution in [1.82, 2.24) is 5.01 Å². The fourth-order valence-corrected chi connectivity index (χ4v) is 4.88. The highest BCUT2D eigenvalue weighted by molar-refractivity contribution is 8.26. The van der Waals surface area contributed by atoms with Gasteiger partial charge in [-0.25, -0.2) is 0 Å². The fourth-order valence-electron chi connectivity index (χ4n) is 3.95. The molecule has 0 atom stereocenters. The molecular weight excluding hydrogens is 488 g/mol. The average Bonchev–Trinajstić information content (AvgIpc) is 3.28. The Morgan fingerprint density at radius 1 is 1.03 bits per heavy atom. The van der Waals surface area contributed by atoms with Gasteiger partial charge in [0.05, 0.1) is 12.2 Å². The van der Waals surface area contributed by atoms with E-state index >= 15 is 0 Å². The second-order valence-corrected chi connectivity index (χ2v) is 9.71. The van der Waals surface area contributed by atoms with Gasteiger partial charge >= 0.3 is 0 Å². The molecule has 2 aromatic carbocycles. The maximum absolute atomic E-state index is 12.7. The van der Waals surface area contributed by atoms with Crippen LogP contribution in [-0.2, 0) is 4.79 Å². The van der Waals surface area contributed by atoms with Gasteiger partial charge in [-0.3, -0.25) is 10.2 Å². The Labute approximate surface area is 221 Å². The van der Waals surface area contributed by atoms with Crippen LogP contribution in [0.25, 0.3) is 6.08 Å². The highest BCUT2D eigenvalue weighted by Crippen LogP contribution is 2.32. The number of benzene rings is 2. The monoisotopic (exact) mass is 520 g/mol. The molecule has 8 nitrogen and oxygen atoms in total. The van der Waals surface area contributed by atoms with Crippen molar-refractivity contribution < 1.29 is 19.0 Å². The van der Waals surface area contributed by atoms with Crippen LogP contribution in [-0.4, -0.2) is 46.8 Å². The summed E-state index contributed by atoms with van der Waals surface area (Å²) < 4.78 is 17.7. The van der Waals surface area contributed by atoms with E-state index in [1.165, 1.54) is 16.8 Å². The van der Waals surface area contributed by atoms with Gasteiger partial charge in [0.25, 0.3) is 5.91 Å². The number of hydrazone groups is 1. The van der Waals surface area contributed by atoms with Crippen LogP contribution < -0.4 is 14.2 Å². The molecule has 9 heteroatoms. The molecule has 37 heavy (non-hydrogen) atoms. The molecular formula is C28H32N4O4S. The van der Waals surface area contributed by atoms with Gasteiger partial charge in [-0.15, -0.1) is 0 Å². The number of hydrogen-bond donors (Lipinski definition) is 1. The molecule has 0 aliphatic carbocycles. The number of nitrogens with zero attached hydrogens (tertiary/aromatic N) is 3. The van der Waals surface area contributed by atoms with Crippen molar-refractivity contribution in [3.05, 3.63) is 58.7 Å². The molecule has 0 spiro atoms. The van der Waals surface area contributed by atoms with E-state index < -0.39 is 5.91 Å². The third-order valence-electron chi connectivity index (χ3n) is 5.82. The number of para-hydroxylation sites is 1. The maximum Gasteiger partial charge on any atom is 0.283 e. The lowest BCUT2D eigenvalue weighted by atomic mass is 10.1. The normalized spacial score (nSPS) is 16.0. The molecule has 2 aliphatic rings. The lowest BCUT2D eigenvalue weighted by Gasteiger charge is -2.20. The van der Waals surface area contributed by atoms with E-state index in [0.29, 0.717) is 42.1 Å². The zero-order valence-electron chi connectivity index (χ0n) is 21.7. The molecule has 0 saturated heterocycles. The molecule has 0 radical (unpaired) electrons. The summed E-state index contributed by atoms with van der Waals surface area (Å²) in [7, 11) is 0. The third-order valence-corrected chi connectivity index (χ3v) is 6.78. The van der Waals surface area contributed by atoms with Crippen LogP contribution in [0.5, 0.6) is 17.2 Å². The van der Waals surface area contributed by atoms with Crippen LogP contribution in [0, 0.1) is 19.3 Å². The summed E-state index contributed by atoms with van der Waals surface area (Å²) in [6, 6.07) is 11.5. The van der Waals surface area contributed by atoms with E-state index in [-0.39, 0.29) is 11.4 Å². The van der Waals surface area contributed by atoms with Gasteiger partial charge < -0.3 is 14.2 Å². The predicted octanol–water partition coefficient (Wildman–Crippen LogP) is 5.97. The van der Waals surface area contributed by atoms with E-state index in [1.807, 2.05) is 45.0 Å². The van der Waals surface area contributed by atoms with Crippen molar-refractivity contribution in [3.8, 4) is 17.2 Å². The second-order valence-electron chi connectivity index (χ2n) is 8.67. The molecule has 2 aliphatic heterocycles. The second kappa shape index (κ2) is 12.1. The molecule has 1 amide bonds. The van der Waals surface area contributed by atoms with Gasteiger partial charge in [-0.2, -0.15) is 15.1 Å². The molecule has 0 bridgehead atoms. The molecule has 194 valence electrons. The van der Waals surface area contributed by atoms with Crippen molar-refractivity contribution in [2.75, 3.05) is 19.8 Å². The number of thioether (sulfide) groups is 1. The number of nitrogens with one attached hydrogen (secondary N) is 1. The van der Waals surface area contributed by atoms with Gasteiger partial charge in [0.2, 0.25) is 5.17 Å². The molecule has 0 saturated carbocycles. The fraction of sp³-hybridized carbons (Fsp3) is 0.357. The zero-order chi connectivity index (χ0) is 26.4. The quantitative estimate of drug-likeness (QED) is 0.290. The number of amides is 1. The topological polar surface area (TPSA) is 96.6 Å². The van der Waals surface area contributed by atoms with Crippen LogP contribution in [0.1, 0.15) is 49.8 Å². The average molecular weight is 521 g/mol. The minimum atomic E-state index is -0.447. The molecule has 2 aromatic rings. The van der Waals surface area contributed by atoms with Gasteiger partial charge in [0.15, 0.2) is 17.3 Å². The van der Waals surface area contributed by atoms with Crippen molar-refractivity contribution in [2.24, 2.45) is 10.1 Å². The molecule has 0 unspecified atom stereocenters. The number of hydrogen-bond acceptors (Lipinski definition) is 7.